The van der Waals surface area contributed by atoms with E-state index in [-0.39, 0.29) is 11.7 Å². The highest BCUT2D eigenvalue weighted by atomic mass is 35.5. The van der Waals surface area contributed by atoms with Gasteiger partial charge in [0.25, 0.3) is 0 Å². The third-order valence-electron chi connectivity index (χ3n) is 3.20. The van der Waals surface area contributed by atoms with Gasteiger partial charge >= 0.3 is 0 Å². The second-order valence-corrected chi connectivity index (χ2v) is 5.11. The Morgan fingerprint density at radius 2 is 2.10 bits per heavy atom. The van der Waals surface area contributed by atoms with E-state index in [2.05, 4.69) is 25.7 Å². The SMILES string of the molecule is CCCCC(CC)COc1cc(F)cc(C#CCCl)c1. The largest absolute Gasteiger partial charge is 0.493 e. The van der Waals surface area contributed by atoms with E-state index >= 15 is 0 Å². The van der Waals surface area contributed by atoms with Crippen LogP contribution in [0, 0.1) is 23.6 Å². The number of benzene rings is 1. The maximum Gasteiger partial charge on any atom is 0.128 e. The average Bonchev–Trinajstić information content (AvgIpc) is 2.45. The molecule has 0 aromatic heterocycles. The maximum absolute atomic E-state index is 13.5. The van der Waals surface area contributed by atoms with E-state index in [4.69, 9.17) is 16.3 Å². The van der Waals surface area contributed by atoms with Crippen LogP contribution < -0.4 is 4.74 Å². The lowest BCUT2D eigenvalue weighted by atomic mass is 10.0. The number of rotatable bonds is 7. The third-order valence-corrected chi connectivity index (χ3v) is 3.33. The summed E-state index contributed by atoms with van der Waals surface area (Å²) >= 11 is 5.50. The zero-order chi connectivity index (χ0) is 14.8. The van der Waals surface area contributed by atoms with Crippen molar-refractivity contribution in [2.45, 2.75) is 39.5 Å². The van der Waals surface area contributed by atoms with Crippen molar-refractivity contribution in [3.63, 3.8) is 0 Å². The Labute approximate surface area is 126 Å². The van der Waals surface area contributed by atoms with E-state index < -0.39 is 0 Å². The first kappa shape index (κ1) is 16.9. The number of hydrogen-bond acceptors (Lipinski definition) is 1. The van der Waals surface area contributed by atoms with E-state index in [9.17, 15) is 4.39 Å². The van der Waals surface area contributed by atoms with Crippen LogP contribution in [0.5, 0.6) is 5.75 Å². The molecule has 0 saturated carbocycles. The fourth-order valence-corrected chi connectivity index (χ4v) is 2.03. The molecule has 0 aliphatic heterocycles. The number of hydrogen-bond donors (Lipinski definition) is 0. The molecule has 1 aromatic rings. The summed E-state index contributed by atoms with van der Waals surface area (Å²) in [5.41, 5.74) is 0.599. The minimum absolute atomic E-state index is 0.238. The summed E-state index contributed by atoms with van der Waals surface area (Å²) in [5, 5.41) is 0. The highest BCUT2D eigenvalue weighted by molar-refractivity contribution is 6.19. The van der Waals surface area contributed by atoms with Gasteiger partial charge in [0.2, 0.25) is 0 Å². The van der Waals surface area contributed by atoms with Crippen molar-refractivity contribution < 1.29 is 9.13 Å². The normalized spacial score (nSPS) is 11.6. The van der Waals surface area contributed by atoms with E-state index in [0.29, 0.717) is 23.8 Å². The van der Waals surface area contributed by atoms with Crippen molar-refractivity contribution in [3.05, 3.63) is 29.6 Å². The third kappa shape index (κ3) is 6.30. The first-order valence-corrected chi connectivity index (χ1v) is 7.71. The topological polar surface area (TPSA) is 9.23 Å². The number of unbranched alkanes of at least 4 members (excludes halogenated alkanes) is 1. The molecule has 20 heavy (non-hydrogen) atoms. The molecule has 1 nitrogen and oxygen atoms in total. The van der Waals surface area contributed by atoms with Gasteiger partial charge in [0.05, 0.1) is 12.5 Å². The average molecular weight is 297 g/mol. The zero-order valence-electron chi connectivity index (χ0n) is 12.2. The summed E-state index contributed by atoms with van der Waals surface area (Å²) in [4.78, 5) is 0. The van der Waals surface area contributed by atoms with Crippen molar-refractivity contribution in [1.82, 2.24) is 0 Å². The molecule has 0 amide bonds. The summed E-state index contributed by atoms with van der Waals surface area (Å²) in [5.74, 6) is 6.50. The Balaban J connectivity index is 2.64. The summed E-state index contributed by atoms with van der Waals surface area (Å²) in [7, 11) is 0. The van der Waals surface area contributed by atoms with Gasteiger partial charge in [0.1, 0.15) is 11.6 Å². The Kier molecular flexibility index (Phi) is 8.14. The molecule has 0 saturated heterocycles. The number of halogens is 2. The molecule has 1 unspecified atom stereocenters. The number of alkyl halides is 1. The van der Waals surface area contributed by atoms with Crippen molar-refractivity contribution in [1.29, 1.82) is 0 Å². The first-order valence-electron chi connectivity index (χ1n) is 7.17. The van der Waals surface area contributed by atoms with Crippen LogP contribution in [0.1, 0.15) is 45.1 Å². The van der Waals surface area contributed by atoms with Crippen molar-refractivity contribution in [2.75, 3.05) is 12.5 Å². The highest BCUT2D eigenvalue weighted by Crippen LogP contribution is 2.19. The standard InChI is InChI=1S/C17H22ClFO/c1-3-5-7-14(4-2)13-20-17-11-15(8-6-9-18)10-16(19)12-17/h10-12,14H,3-5,7,9,13H2,1-2H3. The van der Waals surface area contributed by atoms with Crippen LogP contribution in [-0.2, 0) is 0 Å². The minimum atomic E-state index is -0.331. The predicted octanol–water partition coefficient (Wildman–Crippen LogP) is 5.01. The molecule has 1 atom stereocenters. The van der Waals surface area contributed by atoms with Gasteiger partial charge < -0.3 is 4.74 Å². The molecule has 110 valence electrons. The molecule has 0 aliphatic rings. The Bertz CT molecular complexity index is 462. The summed E-state index contributed by atoms with van der Waals surface area (Å²) in [6.45, 7) is 4.97. The summed E-state index contributed by atoms with van der Waals surface area (Å²) < 4.78 is 19.2. The van der Waals surface area contributed by atoms with Gasteiger partial charge in [-0.25, -0.2) is 4.39 Å². The molecule has 0 spiro atoms. The van der Waals surface area contributed by atoms with Crippen LogP contribution in [0.3, 0.4) is 0 Å². The van der Waals surface area contributed by atoms with Crippen LogP contribution in [-0.4, -0.2) is 12.5 Å². The van der Waals surface area contributed by atoms with Gasteiger partial charge in [-0.1, -0.05) is 45.0 Å². The van der Waals surface area contributed by atoms with Crippen LogP contribution in [0.15, 0.2) is 18.2 Å². The lowest BCUT2D eigenvalue weighted by Gasteiger charge is -2.15. The van der Waals surface area contributed by atoms with Crippen LogP contribution in [0.2, 0.25) is 0 Å². The van der Waals surface area contributed by atoms with E-state index in [0.717, 1.165) is 12.8 Å². The second-order valence-electron chi connectivity index (χ2n) is 4.84. The molecule has 1 rings (SSSR count). The molecule has 1 aromatic carbocycles. The first-order chi connectivity index (χ1) is 9.69. The fourth-order valence-electron chi connectivity index (χ4n) is 1.97. The molecule has 0 aliphatic carbocycles. The van der Waals surface area contributed by atoms with E-state index in [1.165, 1.54) is 25.0 Å². The fraction of sp³-hybridized carbons (Fsp3) is 0.529. The van der Waals surface area contributed by atoms with Crippen LogP contribution in [0.4, 0.5) is 4.39 Å². The Hall–Kier alpha value is -1.20. The zero-order valence-corrected chi connectivity index (χ0v) is 13.0. The Morgan fingerprint density at radius 3 is 2.75 bits per heavy atom. The van der Waals surface area contributed by atoms with Gasteiger partial charge in [-0.2, -0.15) is 0 Å². The van der Waals surface area contributed by atoms with Gasteiger partial charge in [-0.05, 0) is 24.5 Å². The van der Waals surface area contributed by atoms with Gasteiger partial charge in [0.15, 0.2) is 0 Å². The van der Waals surface area contributed by atoms with E-state index in [1.54, 1.807) is 6.07 Å². The van der Waals surface area contributed by atoms with Crippen molar-refractivity contribution >= 4 is 11.6 Å². The maximum atomic E-state index is 13.5. The molecular formula is C17H22ClFO. The monoisotopic (exact) mass is 296 g/mol. The highest BCUT2D eigenvalue weighted by Gasteiger charge is 2.08. The van der Waals surface area contributed by atoms with Crippen molar-refractivity contribution in [2.24, 2.45) is 5.92 Å². The molecule has 0 radical (unpaired) electrons. The minimum Gasteiger partial charge on any atom is -0.493 e. The lowest BCUT2D eigenvalue weighted by Crippen LogP contribution is -2.11. The van der Waals surface area contributed by atoms with Gasteiger partial charge in [-0.15, -0.1) is 11.6 Å². The van der Waals surface area contributed by atoms with Crippen LogP contribution in [0.25, 0.3) is 0 Å². The van der Waals surface area contributed by atoms with Gasteiger partial charge in [-0.3, -0.25) is 0 Å². The molecule has 0 N–H and O–H groups in total. The summed E-state index contributed by atoms with van der Waals surface area (Å²) in [6.07, 6.45) is 4.63. The number of ether oxygens (including phenoxy) is 1. The smallest absolute Gasteiger partial charge is 0.128 e. The molecule has 0 fully saturated rings. The molecular weight excluding hydrogens is 275 g/mol. The van der Waals surface area contributed by atoms with Gasteiger partial charge in [0, 0.05) is 11.6 Å². The second kappa shape index (κ2) is 9.66. The Morgan fingerprint density at radius 1 is 1.30 bits per heavy atom. The molecule has 0 heterocycles. The van der Waals surface area contributed by atoms with E-state index in [1.807, 2.05) is 0 Å². The molecule has 3 heteroatoms. The quantitative estimate of drug-likeness (QED) is 0.507. The lowest BCUT2D eigenvalue weighted by molar-refractivity contribution is 0.232. The molecule has 0 bridgehead atoms. The predicted molar refractivity (Wildman–Crippen MR) is 82.8 cm³/mol. The van der Waals surface area contributed by atoms with Crippen molar-refractivity contribution in [3.8, 4) is 17.6 Å². The summed E-state index contributed by atoms with van der Waals surface area (Å²) in [6, 6.07) is 4.55. The van der Waals surface area contributed by atoms with Crippen LogP contribution >= 0.6 is 11.6 Å².